The Morgan fingerprint density at radius 2 is 2.04 bits per heavy atom. The van der Waals surface area contributed by atoms with Gasteiger partial charge in [-0.15, -0.1) is 4.28 Å². The number of isocyanates is 1. The number of piperidine rings is 1. The van der Waals surface area contributed by atoms with Crippen LogP contribution in [-0.4, -0.2) is 67.9 Å². The van der Waals surface area contributed by atoms with Gasteiger partial charge in [-0.25, -0.2) is 9.59 Å². The van der Waals surface area contributed by atoms with Crippen molar-refractivity contribution in [1.29, 1.82) is 5.41 Å². The Labute approximate surface area is 130 Å². The molecule has 3 N–H and O–H groups in total. The summed E-state index contributed by atoms with van der Waals surface area (Å²) in [6.07, 6.45) is 1.15. The number of carbonyl (C=O) groups is 1. The fourth-order valence-electron chi connectivity index (χ4n) is 2.41. The van der Waals surface area contributed by atoms with Crippen LogP contribution < -0.4 is 4.72 Å². The summed E-state index contributed by atoms with van der Waals surface area (Å²) in [6.45, 7) is -0.0277. The Kier molecular flexibility index (Phi) is 4.41. The second kappa shape index (κ2) is 5.86. The number of nitrogens with zero attached hydrogens (tertiary/aromatic N) is 3. The highest BCUT2D eigenvalue weighted by molar-refractivity contribution is 7.88. The Morgan fingerprint density at radius 3 is 2.61 bits per heavy atom. The summed E-state index contributed by atoms with van der Waals surface area (Å²) in [4.78, 5) is 23.1. The zero-order chi connectivity index (χ0) is 17.4. The van der Waals surface area contributed by atoms with E-state index in [4.69, 9.17) is 9.96 Å². The molecule has 2 amide bonds. The number of carbonyl (C=O) groups excluding carboxylic acids is 2. The minimum atomic E-state index is -4.90. The molecule has 0 aromatic rings. The fraction of sp³-hybridized carbons (Fsp3) is 0.625. The number of hydrogen-bond donors (Lipinski definition) is 3. The molecular formula is C8H11N5O8S2. The molecule has 2 aliphatic rings. The van der Waals surface area contributed by atoms with Crippen molar-refractivity contribution in [3.05, 3.63) is 0 Å². The summed E-state index contributed by atoms with van der Waals surface area (Å²) >= 11 is 0. The number of urea groups is 1. The first kappa shape index (κ1) is 17.3. The van der Waals surface area contributed by atoms with Gasteiger partial charge in [-0.3, -0.25) is 14.7 Å². The summed E-state index contributed by atoms with van der Waals surface area (Å²) in [6, 6.07) is -2.62. The number of hydroxylamine groups is 2. The van der Waals surface area contributed by atoms with Crippen molar-refractivity contribution < 1.29 is 35.3 Å². The summed E-state index contributed by atoms with van der Waals surface area (Å²) in [5.41, 5.74) is 0. The van der Waals surface area contributed by atoms with E-state index in [-0.39, 0.29) is 19.4 Å². The van der Waals surface area contributed by atoms with Gasteiger partial charge in [0.25, 0.3) is 6.08 Å². The quantitative estimate of drug-likeness (QED) is 0.218. The molecule has 2 bridgehead atoms. The van der Waals surface area contributed by atoms with Crippen LogP contribution in [0.25, 0.3) is 0 Å². The van der Waals surface area contributed by atoms with Gasteiger partial charge in [0.15, 0.2) is 0 Å². The van der Waals surface area contributed by atoms with Crippen molar-refractivity contribution in [3.63, 3.8) is 0 Å². The van der Waals surface area contributed by atoms with Gasteiger partial charge in [-0.2, -0.15) is 21.9 Å². The molecule has 0 spiro atoms. The summed E-state index contributed by atoms with van der Waals surface area (Å²) < 4.78 is 61.1. The van der Waals surface area contributed by atoms with Crippen LogP contribution in [0.15, 0.2) is 4.40 Å². The standard InChI is InChI=1S/C8H11N5O8S2/c9-7(11-22(16,17)10-4-14)6-2-1-5-3-12(6)8(15)13(5)21-23(18,19)20/h5-6H,1-3H2,(H2,9,11)(H,18,19,20)/t5-,6+/m1/s1. The number of hydrogen-bond acceptors (Lipinski definition) is 8. The lowest BCUT2D eigenvalue weighted by atomic mass is 10.0. The van der Waals surface area contributed by atoms with Crippen LogP contribution in [0, 0.1) is 5.41 Å². The van der Waals surface area contributed by atoms with Crippen molar-refractivity contribution in [2.45, 2.75) is 24.9 Å². The van der Waals surface area contributed by atoms with Gasteiger partial charge in [0.05, 0.1) is 12.1 Å². The van der Waals surface area contributed by atoms with E-state index in [1.54, 1.807) is 4.72 Å². The number of fused-ring (bicyclic) bond motifs is 2. The van der Waals surface area contributed by atoms with Gasteiger partial charge in [-0.1, -0.05) is 4.40 Å². The van der Waals surface area contributed by atoms with Crippen LogP contribution in [0.2, 0.25) is 0 Å². The molecule has 0 aromatic carbocycles. The maximum atomic E-state index is 12.1. The average molecular weight is 369 g/mol. The molecule has 13 nitrogen and oxygen atoms in total. The van der Waals surface area contributed by atoms with Crippen molar-refractivity contribution >= 4 is 38.6 Å². The first-order chi connectivity index (χ1) is 10.5. The van der Waals surface area contributed by atoms with Gasteiger partial charge in [-0.05, 0) is 12.8 Å². The first-order valence-electron chi connectivity index (χ1n) is 6.01. The predicted octanol–water partition coefficient (Wildman–Crippen LogP) is -1.86. The second-order valence-electron chi connectivity index (χ2n) is 4.68. The number of amides is 2. The van der Waals surface area contributed by atoms with E-state index in [9.17, 15) is 26.4 Å². The van der Waals surface area contributed by atoms with E-state index in [0.717, 1.165) is 11.0 Å². The highest BCUT2D eigenvalue weighted by Crippen LogP contribution is 2.30. The molecule has 128 valence electrons. The van der Waals surface area contributed by atoms with E-state index < -0.39 is 44.6 Å². The average Bonchev–Trinajstić information content (AvgIpc) is 2.62. The van der Waals surface area contributed by atoms with Gasteiger partial charge >= 0.3 is 26.6 Å². The zero-order valence-electron chi connectivity index (χ0n) is 11.2. The molecule has 2 fully saturated rings. The SMILES string of the molecule is N=C(NS(=O)(=O)N=C=O)[C@@H]1CC[C@@H]2CN1C(=O)N2OS(=O)(=O)O. The third kappa shape index (κ3) is 3.83. The topological polar surface area (TPSA) is 187 Å². The second-order valence-corrected chi connectivity index (χ2v) is 7.02. The molecule has 0 aromatic heterocycles. The van der Waals surface area contributed by atoms with Crippen molar-refractivity contribution in [2.75, 3.05) is 6.54 Å². The lowest BCUT2D eigenvalue weighted by Crippen LogP contribution is -2.50. The number of amidine groups is 1. The van der Waals surface area contributed by atoms with Gasteiger partial charge in [0, 0.05) is 6.54 Å². The third-order valence-corrected chi connectivity index (χ3v) is 4.37. The van der Waals surface area contributed by atoms with Crippen molar-refractivity contribution in [1.82, 2.24) is 14.7 Å². The lowest BCUT2D eigenvalue weighted by molar-refractivity contribution is -0.0316. The highest BCUT2D eigenvalue weighted by Gasteiger charge is 2.48. The van der Waals surface area contributed by atoms with E-state index >= 15 is 0 Å². The number of nitrogens with one attached hydrogen (secondary N) is 2. The first-order valence-corrected chi connectivity index (χ1v) is 8.82. The van der Waals surface area contributed by atoms with Gasteiger partial charge in [0.1, 0.15) is 5.84 Å². The molecular weight excluding hydrogens is 358 g/mol. The molecule has 0 radical (unpaired) electrons. The van der Waals surface area contributed by atoms with Crippen LogP contribution in [0.1, 0.15) is 12.8 Å². The zero-order valence-corrected chi connectivity index (χ0v) is 12.9. The largest absolute Gasteiger partial charge is 0.418 e. The summed E-state index contributed by atoms with van der Waals surface area (Å²) in [7, 11) is -9.35. The molecule has 2 saturated heterocycles. The Bertz CT molecular complexity index is 785. The Hall–Kier alpha value is -2.06. The van der Waals surface area contributed by atoms with Gasteiger partial charge < -0.3 is 4.90 Å². The Balaban J connectivity index is 2.15. The van der Waals surface area contributed by atoms with Gasteiger partial charge in [0.2, 0.25) is 0 Å². The highest BCUT2D eigenvalue weighted by atomic mass is 32.3. The van der Waals surface area contributed by atoms with Crippen LogP contribution in [0.3, 0.4) is 0 Å². The monoisotopic (exact) mass is 369 g/mol. The number of rotatable bonds is 5. The van der Waals surface area contributed by atoms with Crippen LogP contribution >= 0.6 is 0 Å². The molecule has 23 heavy (non-hydrogen) atoms. The summed E-state index contributed by atoms with van der Waals surface area (Å²) in [5, 5.41) is 8.16. The lowest BCUT2D eigenvalue weighted by Gasteiger charge is -2.30. The normalized spacial score (nSPS) is 24.3. The molecule has 2 rings (SSSR count). The van der Waals surface area contributed by atoms with Crippen molar-refractivity contribution in [3.8, 4) is 0 Å². The van der Waals surface area contributed by atoms with Crippen LogP contribution in [-0.2, 0) is 29.7 Å². The van der Waals surface area contributed by atoms with E-state index in [0.29, 0.717) is 5.06 Å². The Morgan fingerprint density at radius 1 is 1.39 bits per heavy atom. The molecule has 2 atom stereocenters. The van der Waals surface area contributed by atoms with Crippen molar-refractivity contribution in [2.24, 2.45) is 4.40 Å². The van der Waals surface area contributed by atoms with Crippen LogP contribution in [0.4, 0.5) is 4.79 Å². The molecule has 2 aliphatic heterocycles. The molecule has 2 heterocycles. The molecule has 15 heteroatoms. The van der Waals surface area contributed by atoms with Crippen LogP contribution in [0.5, 0.6) is 0 Å². The van der Waals surface area contributed by atoms with E-state index in [1.807, 2.05) is 0 Å². The van der Waals surface area contributed by atoms with E-state index in [1.165, 1.54) is 0 Å². The molecule has 0 aliphatic carbocycles. The fourth-order valence-corrected chi connectivity index (χ4v) is 3.36. The minimum absolute atomic E-state index is 0.0277. The predicted molar refractivity (Wildman–Crippen MR) is 71.3 cm³/mol. The molecule has 0 unspecified atom stereocenters. The van der Waals surface area contributed by atoms with E-state index in [2.05, 4.69) is 8.68 Å². The molecule has 0 saturated carbocycles. The maximum absolute atomic E-state index is 12.1. The third-order valence-electron chi connectivity index (χ3n) is 3.23. The summed E-state index contributed by atoms with van der Waals surface area (Å²) in [5.74, 6) is -0.621. The smallest absolute Gasteiger partial charge is 0.310 e. The maximum Gasteiger partial charge on any atom is 0.418 e. The minimum Gasteiger partial charge on any atom is -0.310 e.